The van der Waals surface area contributed by atoms with Crippen LogP contribution in [0.25, 0.3) is 11.2 Å². The zero-order chi connectivity index (χ0) is 15.4. The molecule has 0 aromatic carbocycles. The van der Waals surface area contributed by atoms with Crippen LogP contribution in [0, 0.1) is 0 Å². The van der Waals surface area contributed by atoms with Crippen molar-refractivity contribution in [3.63, 3.8) is 0 Å². The average Bonchev–Trinajstić information content (AvgIpc) is 2.91. The molecule has 21 heavy (non-hydrogen) atoms. The van der Waals surface area contributed by atoms with Crippen molar-refractivity contribution in [3.8, 4) is 0 Å². The van der Waals surface area contributed by atoms with E-state index in [4.69, 9.17) is 15.6 Å². The molecular weight excluding hydrogens is 289 g/mol. The number of imidazole rings is 1. The van der Waals surface area contributed by atoms with Gasteiger partial charge in [0, 0.05) is 0 Å². The molecule has 0 unspecified atom stereocenters. The molecule has 114 valence electrons. The number of nitrogen functional groups attached to an aromatic ring is 1. The van der Waals surface area contributed by atoms with E-state index in [-0.39, 0.29) is 17.1 Å². The molecule has 11 heteroatoms. The standard InChI is InChI=1S/C10H12FN5O5/c11-10(20)3(1-17)21-8(5(10)18)16-2-13-4-6(16)14-9(12)15-7(4)19/h2-3,5,8,17-18,20H,1H2,(H3,12,14,15,19)/t3-,5+,8-,10-/m1/s1. The number of aliphatic hydroxyl groups excluding tert-OH is 2. The summed E-state index contributed by atoms with van der Waals surface area (Å²) in [6.45, 7) is -0.844. The Hall–Kier alpha value is -2.08. The van der Waals surface area contributed by atoms with Crippen molar-refractivity contribution < 1.29 is 24.4 Å². The van der Waals surface area contributed by atoms with E-state index in [9.17, 15) is 19.4 Å². The second-order valence-electron chi connectivity index (χ2n) is 4.65. The molecule has 0 saturated carbocycles. The highest BCUT2D eigenvalue weighted by Gasteiger charge is 2.57. The van der Waals surface area contributed by atoms with Gasteiger partial charge in [-0.15, -0.1) is 0 Å². The SMILES string of the molecule is Nc1nc2c(ncn2[C@@H]2O[C@H](CO)[C@](O)(F)[C@H]2O)c(=O)[nH]1. The predicted octanol–water partition coefficient (Wildman–Crippen LogP) is -2.39. The number of aromatic nitrogens is 4. The lowest BCUT2D eigenvalue weighted by Crippen LogP contribution is -2.44. The highest BCUT2D eigenvalue weighted by Crippen LogP contribution is 2.38. The number of anilines is 1. The van der Waals surface area contributed by atoms with Crippen LogP contribution in [0.4, 0.5) is 10.3 Å². The lowest BCUT2D eigenvalue weighted by molar-refractivity contribution is -0.181. The summed E-state index contributed by atoms with van der Waals surface area (Å²) in [5, 5.41) is 28.3. The van der Waals surface area contributed by atoms with E-state index < -0.39 is 36.5 Å². The predicted molar refractivity (Wildman–Crippen MR) is 65.6 cm³/mol. The zero-order valence-corrected chi connectivity index (χ0v) is 10.5. The topological polar surface area (TPSA) is 160 Å². The zero-order valence-electron chi connectivity index (χ0n) is 10.5. The Bertz CT molecular complexity index is 743. The summed E-state index contributed by atoms with van der Waals surface area (Å²) in [4.78, 5) is 21.5. The Balaban J connectivity index is 2.12. The molecule has 1 fully saturated rings. The van der Waals surface area contributed by atoms with E-state index in [1.807, 2.05) is 0 Å². The third-order valence-corrected chi connectivity index (χ3v) is 3.33. The van der Waals surface area contributed by atoms with E-state index in [0.717, 1.165) is 10.9 Å². The fourth-order valence-corrected chi connectivity index (χ4v) is 2.25. The minimum atomic E-state index is -3.15. The summed E-state index contributed by atoms with van der Waals surface area (Å²) < 4.78 is 20.1. The lowest BCUT2D eigenvalue weighted by atomic mass is 10.1. The molecule has 0 radical (unpaired) electrons. The molecule has 0 bridgehead atoms. The highest BCUT2D eigenvalue weighted by atomic mass is 19.2. The van der Waals surface area contributed by atoms with Crippen LogP contribution in [-0.4, -0.2) is 59.5 Å². The Kier molecular flexibility index (Phi) is 2.95. The molecule has 1 aliphatic heterocycles. The smallest absolute Gasteiger partial charge is 0.280 e. The summed E-state index contributed by atoms with van der Waals surface area (Å²) in [5.74, 6) is -3.35. The Morgan fingerprint density at radius 1 is 1.62 bits per heavy atom. The number of rotatable bonds is 2. The summed E-state index contributed by atoms with van der Waals surface area (Å²) >= 11 is 0. The van der Waals surface area contributed by atoms with Gasteiger partial charge in [-0.2, -0.15) is 4.98 Å². The molecule has 2 aromatic rings. The summed E-state index contributed by atoms with van der Waals surface area (Å²) in [5.41, 5.74) is 4.67. The monoisotopic (exact) mass is 301 g/mol. The molecule has 0 amide bonds. The molecule has 1 saturated heterocycles. The van der Waals surface area contributed by atoms with Gasteiger partial charge in [-0.3, -0.25) is 14.3 Å². The van der Waals surface area contributed by atoms with Gasteiger partial charge < -0.3 is 25.8 Å². The van der Waals surface area contributed by atoms with Gasteiger partial charge in [0.15, 0.2) is 23.5 Å². The third kappa shape index (κ3) is 1.90. The van der Waals surface area contributed by atoms with E-state index in [1.54, 1.807) is 0 Å². The van der Waals surface area contributed by atoms with Crippen LogP contribution in [0.2, 0.25) is 0 Å². The van der Waals surface area contributed by atoms with Gasteiger partial charge in [-0.1, -0.05) is 0 Å². The molecule has 2 aromatic heterocycles. The maximum absolute atomic E-state index is 13.9. The quantitative estimate of drug-likeness (QED) is 0.411. The first-order valence-corrected chi connectivity index (χ1v) is 5.94. The van der Waals surface area contributed by atoms with E-state index >= 15 is 0 Å². The van der Waals surface area contributed by atoms with Crippen molar-refractivity contribution in [3.05, 3.63) is 16.7 Å². The van der Waals surface area contributed by atoms with Crippen molar-refractivity contribution in [2.45, 2.75) is 24.3 Å². The number of nitrogens with zero attached hydrogens (tertiary/aromatic N) is 3. The molecule has 4 atom stereocenters. The van der Waals surface area contributed by atoms with E-state index in [0.29, 0.717) is 0 Å². The number of fused-ring (bicyclic) bond motifs is 1. The summed E-state index contributed by atoms with van der Waals surface area (Å²) in [6.07, 6.45) is -3.98. The number of hydrogen-bond acceptors (Lipinski definition) is 8. The largest absolute Gasteiger partial charge is 0.393 e. The maximum atomic E-state index is 13.9. The number of H-pyrrole nitrogens is 1. The summed E-state index contributed by atoms with van der Waals surface area (Å²) in [7, 11) is 0. The second kappa shape index (κ2) is 4.46. The first-order chi connectivity index (χ1) is 9.86. The summed E-state index contributed by atoms with van der Waals surface area (Å²) in [6, 6.07) is 0. The van der Waals surface area contributed by atoms with Crippen molar-refractivity contribution in [2.75, 3.05) is 12.3 Å². The van der Waals surface area contributed by atoms with Gasteiger partial charge in [-0.05, 0) is 0 Å². The van der Waals surface area contributed by atoms with Gasteiger partial charge >= 0.3 is 0 Å². The van der Waals surface area contributed by atoms with Crippen LogP contribution >= 0.6 is 0 Å². The molecule has 10 nitrogen and oxygen atoms in total. The van der Waals surface area contributed by atoms with Gasteiger partial charge in [0.05, 0.1) is 12.9 Å². The molecular formula is C10H12FN5O5. The first-order valence-electron chi connectivity index (χ1n) is 5.94. The van der Waals surface area contributed by atoms with Crippen LogP contribution in [0.15, 0.2) is 11.1 Å². The molecule has 3 heterocycles. The Morgan fingerprint density at radius 3 is 2.95 bits per heavy atom. The number of aliphatic hydroxyl groups is 3. The average molecular weight is 301 g/mol. The minimum absolute atomic E-state index is 0.0466. The molecule has 6 N–H and O–H groups in total. The van der Waals surface area contributed by atoms with Crippen LogP contribution in [0.5, 0.6) is 0 Å². The molecule has 3 rings (SSSR count). The van der Waals surface area contributed by atoms with Crippen molar-refractivity contribution in [1.82, 2.24) is 19.5 Å². The maximum Gasteiger partial charge on any atom is 0.280 e. The number of halogens is 1. The van der Waals surface area contributed by atoms with E-state index in [1.165, 1.54) is 0 Å². The first kappa shape index (κ1) is 13.9. The molecule has 1 aliphatic rings. The minimum Gasteiger partial charge on any atom is -0.393 e. The number of nitrogens with one attached hydrogen (secondary N) is 1. The van der Waals surface area contributed by atoms with Crippen LogP contribution < -0.4 is 11.3 Å². The van der Waals surface area contributed by atoms with Crippen molar-refractivity contribution >= 4 is 17.1 Å². The number of alkyl halides is 1. The van der Waals surface area contributed by atoms with Crippen LogP contribution in [-0.2, 0) is 4.74 Å². The fourth-order valence-electron chi connectivity index (χ4n) is 2.25. The van der Waals surface area contributed by atoms with Crippen LogP contribution in [0.3, 0.4) is 0 Å². The highest BCUT2D eigenvalue weighted by molar-refractivity contribution is 5.70. The third-order valence-electron chi connectivity index (χ3n) is 3.33. The number of aromatic amines is 1. The Labute approximate surface area is 115 Å². The number of ether oxygens (including phenoxy) is 1. The molecule has 0 spiro atoms. The van der Waals surface area contributed by atoms with Gasteiger partial charge in [0.1, 0.15) is 6.10 Å². The van der Waals surface area contributed by atoms with Crippen LogP contribution in [0.1, 0.15) is 6.23 Å². The van der Waals surface area contributed by atoms with Crippen molar-refractivity contribution in [1.29, 1.82) is 0 Å². The second-order valence-corrected chi connectivity index (χ2v) is 4.65. The molecule has 0 aliphatic carbocycles. The van der Waals surface area contributed by atoms with Gasteiger partial charge in [-0.25, -0.2) is 9.37 Å². The van der Waals surface area contributed by atoms with Crippen molar-refractivity contribution in [2.24, 2.45) is 0 Å². The number of nitrogens with two attached hydrogens (primary N) is 1. The Morgan fingerprint density at radius 2 is 2.33 bits per heavy atom. The van der Waals surface area contributed by atoms with Gasteiger partial charge in [0.25, 0.3) is 11.4 Å². The van der Waals surface area contributed by atoms with E-state index in [2.05, 4.69) is 15.0 Å². The fraction of sp³-hybridized carbons (Fsp3) is 0.500. The van der Waals surface area contributed by atoms with Gasteiger partial charge in [0.2, 0.25) is 5.95 Å². The lowest BCUT2D eigenvalue weighted by Gasteiger charge is -2.20. The number of hydrogen-bond donors (Lipinski definition) is 5. The normalized spacial score (nSPS) is 32.9.